The Bertz CT molecular complexity index is 191. The Hall–Kier alpha value is -0.510. The molecule has 0 spiro atoms. The van der Waals surface area contributed by atoms with Crippen LogP contribution in [0.3, 0.4) is 0 Å². The average Bonchev–Trinajstić information content (AvgIpc) is 2.36. The highest BCUT2D eigenvalue weighted by molar-refractivity contribution is 8.14. The molecule has 3 nitrogen and oxygen atoms in total. The van der Waals surface area contributed by atoms with Crippen LogP contribution in [0.25, 0.3) is 0 Å². The van der Waals surface area contributed by atoms with E-state index in [1.807, 2.05) is 6.92 Å². The molecule has 1 rings (SSSR count). The summed E-state index contributed by atoms with van der Waals surface area (Å²) in [6, 6.07) is -0.250. The van der Waals surface area contributed by atoms with E-state index in [0.29, 0.717) is 6.61 Å². The first kappa shape index (κ1) is 8.59. The maximum Gasteiger partial charge on any atom is 0.331 e. The van der Waals surface area contributed by atoms with Crippen molar-refractivity contribution < 1.29 is 9.53 Å². The van der Waals surface area contributed by atoms with Gasteiger partial charge in [0.25, 0.3) is 0 Å². The summed E-state index contributed by atoms with van der Waals surface area (Å²) in [5, 5.41) is 0.975. The highest BCUT2D eigenvalue weighted by atomic mass is 32.2. The van der Waals surface area contributed by atoms with Crippen molar-refractivity contribution in [2.75, 3.05) is 12.4 Å². The first-order chi connectivity index (χ1) is 5.24. The van der Waals surface area contributed by atoms with Crippen LogP contribution in [0, 0.1) is 0 Å². The number of nitrogens with zero attached hydrogens (tertiary/aromatic N) is 1. The molecular weight excluding hydrogens is 162 g/mol. The van der Waals surface area contributed by atoms with E-state index in [0.717, 1.165) is 10.8 Å². The zero-order chi connectivity index (χ0) is 8.27. The van der Waals surface area contributed by atoms with E-state index in [2.05, 4.69) is 4.99 Å². The number of hydrogen-bond donors (Lipinski definition) is 0. The summed E-state index contributed by atoms with van der Waals surface area (Å²) in [7, 11) is 0. The molecule has 0 aromatic heterocycles. The maximum atomic E-state index is 11.0. The van der Waals surface area contributed by atoms with Crippen LogP contribution in [0.2, 0.25) is 0 Å². The molecule has 0 radical (unpaired) electrons. The van der Waals surface area contributed by atoms with Crippen molar-refractivity contribution in [2.24, 2.45) is 4.99 Å². The Kier molecular flexibility index (Phi) is 2.93. The normalized spacial score (nSPS) is 23.1. The van der Waals surface area contributed by atoms with Gasteiger partial charge in [0.05, 0.1) is 11.7 Å². The molecular formula is C7H11NO2S. The predicted octanol–water partition coefficient (Wildman–Crippen LogP) is 1.08. The molecule has 62 valence electrons. The van der Waals surface area contributed by atoms with Crippen LogP contribution >= 0.6 is 11.8 Å². The van der Waals surface area contributed by atoms with Crippen LogP contribution in [0.1, 0.15) is 13.8 Å². The molecule has 1 aliphatic rings. The van der Waals surface area contributed by atoms with Gasteiger partial charge < -0.3 is 4.74 Å². The zero-order valence-corrected chi connectivity index (χ0v) is 7.48. The Morgan fingerprint density at radius 1 is 1.91 bits per heavy atom. The van der Waals surface area contributed by atoms with Gasteiger partial charge in [0.15, 0.2) is 6.04 Å². The van der Waals surface area contributed by atoms with Gasteiger partial charge in [-0.2, -0.15) is 0 Å². The maximum absolute atomic E-state index is 11.0. The Morgan fingerprint density at radius 3 is 3.09 bits per heavy atom. The van der Waals surface area contributed by atoms with E-state index in [-0.39, 0.29) is 12.0 Å². The number of esters is 1. The van der Waals surface area contributed by atoms with Gasteiger partial charge in [-0.15, -0.1) is 11.8 Å². The van der Waals surface area contributed by atoms with Crippen LogP contribution in [-0.2, 0) is 9.53 Å². The minimum absolute atomic E-state index is 0.197. The fraction of sp³-hybridized carbons (Fsp3) is 0.714. The van der Waals surface area contributed by atoms with E-state index in [1.165, 1.54) is 0 Å². The second-order valence-corrected chi connectivity index (χ2v) is 3.44. The molecule has 11 heavy (non-hydrogen) atoms. The molecule has 1 heterocycles. The van der Waals surface area contributed by atoms with Crippen LogP contribution in [0.15, 0.2) is 4.99 Å². The highest BCUT2D eigenvalue weighted by Crippen LogP contribution is 2.18. The second kappa shape index (κ2) is 3.76. The van der Waals surface area contributed by atoms with Gasteiger partial charge in [0.1, 0.15) is 0 Å². The summed E-state index contributed by atoms with van der Waals surface area (Å²) in [5.74, 6) is 0.543. The Labute approximate surface area is 70.2 Å². The largest absolute Gasteiger partial charge is 0.464 e. The number of rotatable bonds is 2. The van der Waals surface area contributed by atoms with Gasteiger partial charge in [0.2, 0.25) is 0 Å². The third kappa shape index (κ3) is 2.22. The third-order valence-electron chi connectivity index (χ3n) is 1.35. The standard InChI is InChI=1S/C7H11NO2S/c1-3-10-7(9)6-4-11-5(2)8-6/h6H,3-4H2,1-2H3/t6-/m0/s1. The monoisotopic (exact) mass is 173 g/mol. The van der Waals surface area contributed by atoms with Crippen LogP contribution in [0.4, 0.5) is 0 Å². The lowest BCUT2D eigenvalue weighted by Gasteiger charge is -2.03. The first-order valence-electron chi connectivity index (χ1n) is 3.58. The van der Waals surface area contributed by atoms with Gasteiger partial charge in [-0.3, -0.25) is 4.99 Å². The molecule has 0 fully saturated rings. The number of carbonyl (C=O) groups is 1. The lowest BCUT2D eigenvalue weighted by atomic mass is 10.4. The van der Waals surface area contributed by atoms with Crippen molar-refractivity contribution in [3.63, 3.8) is 0 Å². The molecule has 0 unspecified atom stereocenters. The van der Waals surface area contributed by atoms with Crippen LogP contribution in [0.5, 0.6) is 0 Å². The van der Waals surface area contributed by atoms with E-state index in [4.69, 9.17) is 4.74 Å². The minimum Gasteiger partial charge on any atom is -0.464 e. The third-order valence-corrected chi connectivity index (χ3v) is 2.35. The minimum atomic E-state index is -0.250. The molecule has 4 heteroatoms. The fourth-order valence-corrected chi connectivity index (χ4v) is 1.66. The lowest BCUT2D eigenvalue weighted by Crippen LogP contribution is -2.21. The molecule has 0 aromatic carbocycles. The molecule has 0 saturated heterocycles. The number of ether oxygens (including phenoxy) is 1. The summed E-state index contributed by atoms with van der Waals surface area (Å²) in [4.78, 5) is 15.2. The van der Waals surface area contributed by atoms with Crippen molar-refractivity contribution in [3.05, 3.63) is 0 Å². The van der Waals surface area contributed by atoms with E-state index in [1.54, 1.807) is 18.7 Å². The van der Waals surface area contributed by atoms with Crippen molar-refractivity contribution in [2.45, 2.75) is 19.9 Å². The average molecular weight is 173 g/mol. The lowest BCUT2D eigenvalue weighted by molar-refractivity contribution is -0.143. The quantitative estimate of drug-likeness (QED) is 0.586. The van der Waals surface area contributed by atoms with E-state index < -0.39 is 0 Å². The summed E-state index contributed by atoms with van der Waals surface area (Å²) in [6.45, 7) is 4.15. The van der Waals surface area contributed by atoms with Crippen molar-refractivity contribution >= 4 is 22.8 Å². The topological polar surface area (TPSA) is 38.7 Å². The number of thioether (sulfide) groups is 1. The van der Waals surface area contributed by atoms with Gasteiger partial charge in [-0.05, 0) is 13.8 Å². The van der Waals surface area contributed by atoms with Gasteiger partial charge >= 0.3 is 5.97 Å². The summed E-state index contributed by atoms with van der Waals surface area (Å²) in [6.07, 6.45) is 0. The fourth-order valence-electron chi connectivity index (χ4n) is 0.853. The predicted molar refractivity (Wildman–Crippen MR) is 46.0 cm³/mol. The molecule has 0 amide bonds. The summed E-state index contributed by atoms with van der Waals surface area (Å²) >= 11 is 1.61. The highest BCUT2D eigenvalue weighted by Gasteiger charge is 2.23. The summed E-state index contributed by atoms with van der Waals surface area (Å²) in [5.41, 5.74) is 0. The Balaban J connectivity index is 2.43. The van der Waals surface area contributed by atoms with Crippen LogP contribution in [-0.4, -0.2) is 29.4 Å². The van der Waals surface area contributed by atoms with Crippen LogP contribution < -0.4 is 0 Å². The Morgan fingerprint density at radius 2 is 2.64 bits per heavy atom. The van der Waals surface area contributed by atoms with Gasteiger partial charge in [0, 0.05) is 5.75 Å². The SMILES string of the molecule is CCOC(=O)[C@@H]1CSC(C)=N1. The zero-order valence-electron chi connectivity index (χ0n) is 6.66. The van der Waals surface area contributed by atoms with Gasteiger partial charge in [-0.25, -0.2) is 4.79 Å². The van der Waals surface area contributed by atoms with Crippen molar-refractivity contribution in [1.29, 1.82) is 0 Å². The molecule has 0 bridgehead atoms. The number of hydrogen-bond acceptors (Lipinski definition) is 4. The van der Waals surface area contributed by atoms with Crippen molar-refractivity contribution in [1.82, 2.24) is 0 Å². The van der Waals surface area contributed by atoms with E-state index in [9.17, 15) is 4.79 Å². The molecule has 0 aliphatic carbocycles. The second-order valence-electron chi connectivity index (χ2n) is 2.23. The number of aliphatic imine (C=N–C) groups is 1. The molecule has 1 atom stereocenters. The molecule has 0 saturated carbocycles. The first-order valence-corrected chi connectivity index (χ1v) is 4.56. The van der Waals surface area contributed by atoms with Crippen molar-refractivity contribution in [3.8, 4) is 0 Å². The molecule has 1 aliphatic heterocycles. The summed E-state index contributed by atoms with van der Waals surface area (Å²) < 4.78 is 4.81. The van der Waals surface area contributed by atoms with E-state index >= 15 is 0 Å². The smallest absolute Gasteiger partial charge is 0.331 e. The van der Waals surface area contributed by atoms with Gasteiger partial charge in [-0.1, -0.05) is 0 Å². The number of carbonyl (C=O) groups excluding carboxylic acids is 1. The molecule has 0 aromatic rings. The molecule has 0 N–H and O–H groups in total.